The normalized spacial score (nSPS) is 21.7. The minimum Gasteiger partial charge on any atom is -0.354 e. The average molecular weight is 260 g/mol. The van der Waals surface area contributed by atoms with Crippen molar-refractivity contribution in [1.82, 2.24) is 15.3 Å². The van der Waals surface area contributed by atoms with Crippen LogP contribution in [0.15, 0.2) is 12.4 Å². The van der Waals surface area contributed by atoms with E-state index in [-0.39, 0.29) is 0 Å². The molecule has 2 fully saturated rings. The van der Waals surface area contributed by atoms with Crippen molar-refractivity contribution in [3.8, 4) is 0 Å². The van der Waals surface area contributed by atoms with Gasteiger partial charge in [-0.15, -0.1) is 0 Å². The Balaban J connectivity index is 1.50. The summed E-state index contributed by atoms with van der Waals surface area (Å²) in [6.45, 7) is 3.30. The van der Waals surface area contributed by atoms with E-state index in [0.29, 0.717) is 5.92 Å². The van der Waals surface area contributed by atoms with Crippen LogP contribution in [0.2, 0.25) is 0 Å². The zero-order valence-corrected chi connectivity index (χ0v) is 11.6. The molecule has 0 amide bonds. The Labute approximate surface area is 115 Å². The van der Waals surface area contributed by atoms with Gasteiger partial charge < -0.3 is 10.6 Å². The Bertz CT molecular complexity index is 378. The molecule has 2 N–H and O–H groups in total. The lowest BCUT2D eigenvalue weighted by Gasteiger charge is -2.22. The highest BCUT2D eigenvalue weighted by Crippen LogP contribution is 2.33. The van der Waals surface area contributed by atoms with Crippen LogP contribution in [0.4, 0.5) is 5.95 Å². The van der Waals surface area contributed by atoms with Gasteiger partial charge in [0.25, 0.3) is 0 Å². The van der Waals surface area contributed by atoms with Gasteiger partial charge in [0.1, 0.15) is 0 Å². The number of rotatable bonds is 4. The predicted octanol–water partition coefficient (Wildman–Crippen LogP) is 2.55. The van der Waals surface area contributed by atoms with Crippen molar-refractivity contribution < 1.29 is 0 Å². The van der Waals surface area contributed by atoms with Gasteiger partial charge >= 0.3 is 0 Å². The monoisotopic (exact) mass is 260 g/mol. The smallest absolute Gasteiger partial charge is 0.222 e. The number of hydrogen-bond donors (Lipinski definition) is 2. The van der Waals surface area contributed by atoms with Crippen LogP contribution in [0, 0.1) is 5.92 Å². The van der Waals surface area contributed by atoms with Crippen molar-refractivity contribution in [3.05, 3.63) is 18.0 Å². The topological polar surface area (TPSA) is 49.8 Å². The predicted molar refractivity (Wildman–Crippen MR) is 77.3 cm³/mol. The molecule has 0 spiro atoms. The lowest BCUT2D eigenvalue weighted by Crippen LogP contribution is -2.31. The molecule has 19 heavy (non-hydrogen) atoms. The van der Waals surface area contributed by atoms with Crippen LogP contribution in [0.25, 0.3) is 0 Å². The lowest BCUT2D eigenvalue weighted by atomic mass is 9.98. The summed E-state index contributed by atoms with van der Waals surface area (Å²) in [6.07, 6.45) is 11.9. The second-order valence-electron chi connectivity index (χ2n) is 5.90. The van der Waals surface area contributed by atoms with Crippen LogP contribution < -0.4 is 10.6 Å². The fourth-order valence-corrected chi connectivity index (χ4v) is 3.22. The van der Waals surface area contributed by atoms with Gasteiger partial charge in [-0.2, -0.15) is 0 Å². The highest BCUT2D eigenvalue weighted by molar-refractivity contribution is 5.26. The Kier molecular flexibility index (Phi) is 4.28. The quantitative estimate of drug-likeness (QED) is 0.873. The average Bonchev–Trinajstić information content (AvgIpc) is 3.01. The molecule has 0 radical (unpaired) electrons. The molecule has 104 valence electrons. The van der Waals surface area contributed by atoms with Crippen molar-refractivity contribution in [1.29, 1.82) is 0 Å². The molecule has 4 nitrogen and oxygen atoms in total. The Morgan fingerprint density at radius 2 is 1.74 bits per heavy atom. The van der Waals surface area contributed by atoms with E-state index >= 15 is 0 Å². The van der Waals surface area contributed by atoms with Crippen molar-refractivity contribution in [2.75, 3.05) is 25.0 Å². The van der Waals surface area contributed by atoms with Crippen LogP contribution in [-0.2, 0) is 0 Å². The fourth-order valence-electron chi connectivity index (χ4n) is 3.22. The summed E-state index contributed by atoms with van der Waals surface area (Å²) in [6, 6.07) is 0. The van der Waals surface area contributed by atoms with Crippen LogP contribution in [0.5, 0.6) is 0 Å². The number of piperidine rings is 1. The maximum atomic E-state index is 4.47. The van der Waals surface area contributed by atoms with Crippen molar-refractivity contribution in [2.45, 2.75) is 44.4 Å². The molecule has 2 aliphatic rings. The number of aromatic nitrogens is 2. The van der Waals surface area contributed by atoms with Gasteiger partial charge in [0.15, 0.2) is 0 Å². The summed E-state index contributed by atoms with van der Waals surface area (Å²) in [4.78, 5) is 8.94. The molecule has 1 aliphatic heterocycles. The number of nitrogens with zero attached hydrogens (tertiary/aromatic N) is 2. The molecule has 0 bridgehead atoms. The van der Waals surface area contributed by atoms with Gasteiger partial charge in [0.2, 0.25) is 5.95 Å². The van der Waals surface area contributed by atoms with Gasteiger partial charge in [-0.3, -0.25) is 0 Å². The van der Waals surface area contributed by atoms with Crippen LogP contribution in [-0.4, -0.2) is 29.6 Å². The first-order valence-corrected chi connectivity index (χ1v) is 7.68. The molecule has 1 aliphatic carbocycles. The van der Waals surface area contributed by atoms with Gasteiger partial charge in [-0.1, -0.05) is 12.8 Å². The number of hydrogen-bond acceptors (Lipinski definition) is 4. The van der Waals surface area contributed by atoms with Crippen LogP contribution >= 0.6 is 0 Å². The zero-order chi connectivity index (χ0) is 12.9. The molecule has 0 aromatic carbocycles. The first kappa shape index (κ1) is 12.9. The van der Waals surface area contributed by atoms with E-state index in [2.05, 4.69) is 20.6 Å². The van der Waals surface area contributed by atoms with E-state index in [1.165, 1.54) is 44.1 Å². The molecule has 2 heterocycles. The fraction of sp³-hybridized carbons (Fsp3) is 0.733. The summed E-state index contributed by atoms with van der Waals surface area (Å²) in [5.41, 5.74) is 1.32. The van der Waals surface area contributed by atoms with Crippen molar-refractivity contribution in [2.24, 2.45) is 5.92 Å². The minimum atomic E-state index is 0.707. The molecule has 0 unspecified atom stereocenters. The Morgan fingerprint density at radius 1 is 1.05 bits per heavy atom. The zero-order valence-electron chi connectivity index (χ0n) is 11.6. The third-order valence-electron chi connectivity index (χ3n) is 4.51. The number of nitrogens with one attached hydrogen (secondary N) is 2. The maximum Gasteiger partial charge on any atom is 0.222 e. The van der Waals surface area contributed by atoms with Crippen molar-refractivity contribution in [3.63, 3.8) is 0 Å². The highest BCUT2D eigenvalue weighted by atomic mass is 15.1. The molecule has 1 aromatic rings. The second kappa shape index (κ2) is 6.33. The minimum absolute atomic E-state index is 0.707. The van der Waals surface area contributed by atoms with Gasteiger partial charge in [-0.05, 0) is 56.2 Å². The van der Waals surface area contributed by atoms with Gasteiger partial charge in [-0.25, -0.2) is 9.97 Å². The summed E-state index contributed by atoms with van der Waals surface area (Å²) in [5.74, 6) is 2.26. The molecule has 0 atom stereocenters. The molecule has 1 saturated carbocycles. The largest absolute Gasteiger partial charge is 0.354 e. The summed E-state index contributed by atoms with van der Waals surface area (Å²) >= 11 is 0. The van der Waals surface area contributed by atoms with E-state index < -0.39 is 0 Å². The molecule has 3 rings (SSSR count). The number of anilines is 1. The molecule has 1 saturated heterocycles. The molecule has 4 heteroatoms. The van der Waals surface area contributed by atoms with E-state index in [9.17, 15) is 0 Å². The van der Waals surface area contributed by atoms with E-state index in [0.717, 1.165) is 31.5 Å². The summed E-state index contributed by atoms with van der Waals surface area (Å²) in [5, 5.41) is 6.77. The highest BCUT2D eigenvalue weighted by Gasteiger charge is 2.18. The van der Waals surface area contributed by atoms with Gasteiger partial charge in [0.05, 0.1) is 0 Å². The lowest BCUT2D eigenvalue weighted by molar-refractivity contribution is 0.389. The van der Waals surface area contributed by atoms with E-state index in [4.69, 9.17) is 0 Å². The molecular weight excluding hydrogens is 236 g/mol. The van der Waals surface area contributed by atoms with E-state index in [1.807, 2.05) is 12.4 Å². The first-order valence-electron chi connectivity index (χ1n) is 7.68. The van der Waals surface area contributed by atoms with Crippen LogP contribution in [0.1, 0.15) is 50.0 Å². The maximum absolute atomic E-state index is 4.47. The summed E-state index contributed by atoms with van der Waals surface area (Å²) < 4.78 is 0. The second-order valence-corrected chi connectivity index (χ2v) is 5.90. The van der Waals surface area contributed by atoms with Crippen molar-refractivity contribution >= 4 is 5.95 Å². The molecule has 1 aromatic heterocycles. The van der Waals surface area contributed by atoms with E-state index in [1.54, 1.807) is 0 Å². The molecular formula is C15H24N4. The Morgan fingerprint density at radius 3 is 2.42 bits per heavy atom. The summed E-state index contributed by atoms with van der Waals surface area (Å²) in [7, 11) is 0. The third kappa shape index (κ3) is 3.44. The first-order chi connectivity index (χ1) is 9.42. The SMILES string of the molecule is c1nc(NCC2CCNCC2)ncc1C1CCCC1. The van der Waals surface area contributed by atoms with Gasteiger partial charge in [0, 0.05) is 18.9 Å². The van der Waals surface area contributed by atoms with Crippen LogP contribution in [0.3, 0.4) is 0 Å². The third-order valence-corrected chi connectivity index (χ3v) is 4.51. The Hall–Kier alpha value is -1.16. The standard InChI is InChI=1S/C15H24N4/c1-2-4-13(3-1)14-10-18-15(19-11-14)17-9-12-5-7-16-8-6-12/h10-13,16H,1-9H2,(H,17,18,19).